The fraction of sp³-hybridized carbons (Fsp3) is 0.500. The molecule has 4 N–H and O–H groups in total. The molecule has 0 aromatic carbocycles. The van der Waals surface area contributed by atoms with E-state index in [1.807, 2.05) is 6.92 Å². The standard InChI is InChI=1S/C14H20N4O3/c1-9-7-11(19)10(8-16-9)12(20)18-5-3-14(2,4-6-18)13(15)17-21/h7-8,21H,3-6H2,1-2H3,(H2,15,17)(H,16,19). The predicted molar refractivity (Wildman–Crippen MR) is 78.5 cm³/mol. The van der Waals surface area contributed by atoms with E-state index in [0.717, 1.165) is 5.69 Å². The van der Waals surface area contributed by atoms with Crippen LogP contribution in [0.5, 0.6) is 0 Å². The summed E-state index contributed by atoms with van der Waals surface area (Å²) in [6.45, 7) is 4.61. The molecule has 1 saturated heterocycles. The predicted octanol–water partition coefficient (Wildman–Crippen LogP) is 0.672. The molecular weight excluding hydrogens is 272 g/mol. The Bertz CT molecular complexity index is 627. The second-order valence-electron chi connectivity index (χ2n) is 5.73. The van der Waals surface area contributed by atoms with E-state index in [1.54, 1.807) is 11.8 Å². The molecule has 0 bridgehead atoms. The maximum atomic E-state index is 12.4. The van der Waals surface area contributed by atoms with Crippen LogP contribution in [0.2, 0.25) is 0 Å². The molecule has 1 amide bonds. The van der Waals surface area contributed by atoms with E-state index in [-0.39, 0.29) is 22.7 Å². The van der Waals surface area contributed by atoms with E-state index in [9.17, 15) is 9.59 Å². The van der Waals surface area contributed by atoms with Crippen LogP contribution in [-0.4, -0.2) is 39.9 Å². The second-order valence-corrected chi connectivity index (χ2v) is 5.73. The van der Waals surface area contributed by atoms with Crippen molar-refractivity contribution < 1.29 is 10.0 Å². The zero-order valence-electron chi connectivity index (χ0n) is 12.2. The maximum absolute atomic E-state index is 12.4. The molecule has 1 aromatic heterocycles. The average molecular weight is 292 g/mol. The van der Waals surface area contributed by atoms with Gasteiger partial charge >= 0.3 is 0 Å². The number of H-pyrrole nitrogens is 1. The molecule has 114 valence electrons. The van der Waals surface area contributed by atoms with E-state index in [2.05, 4.69) is 10.1 Å². The number of oxime groups is 1. The van der Waals surface area contributed by atoms with E-state index in [0.29, 0.717) is 25.9 Å². The van der Waals surface area contributed by atoms with E-state index >= 15 is 0 Å². The lowest BCUT2D eigenvalue weighted by Gasteiger charge is -2.38. The van der Waals surface area contributed by atoms with Crippen LogP contribution >= 0.6 is 0 Å². The van der Waals surface area contributed by atoms with Crippen molar-refractivity contribution in [2.75, 3.05) is 13.1 Å². The average Bonchev–Trinajstić information content (AvgIpc) is 2.46. The van der Waals surface area contributed by atoms with Gasteiger partial charge in [0, 0.05) is 36.5 Å². The highest BCUT2D eigenvalue weighted by Crippen LogP contribution is 2.31. The monoisotopic (exact) mass is 292 g/mol. The van der Waals surface area contributed by atoms with Gasteiger partial charge in [-0.05, 0) is 19.8 Å². The highest BCUT2D eigenvalue weighted by molar-refractivity contribution is 5.94. The highest BCUT2D eigenvalue weighted by Gasteiger charge is 2.36. The number of piperidine rings is 1. The molecule has 1 aliphatic heterocycles. The molecule has 0 spiro atoms. The van der Waals surface area contributed by atoms with Gasteiger partial charge in [-0.1, -0.05) is 12.1 Å². The molecule has 2 rings (SSSR count). The number of amidine groups is 1. The Morgan fingerprint density at radius 2 is 2.10 bits per heavy atom. The van der Waals surface area contributed by atoms with Crippen LogP contribution in [0.25, 0.3) is 0 Å². The first-order chi connectivity index (χ1) is 9.87. The molecule has 1 aromatic rings. The Hall–Kier alpha value is -2.31. The summed E-state index contributed by atoms with van der Waals surface area (Å²) in [5.74, 6) is -0.0967. The lowest BCUT2D eigenvalue weighted by molar-refractivity contribution is 0.0665. The molecule has 1 aliphatic rings. The minimum absolute atomic E-state index is 0.146. The van der Waals surface area contributed by atoms with Gasteiger partial charge in [-0.3, -0.25) is 9.59 Å². The van der Waals surface area contributed by atoms with Crippen molar-refractivity contribution in [1.29, 1.82) is 0 Å². The molecule has 7 heteroatoms. The van der Waals surface area contributed by atoms with Crippen LogP contribution in [0.4, 0.5) is 0 Å². The third kappa shape index (κ3) is 2.91. The van der Waals surface area contributed by atoms with Crippen molar-refractivity contribution >= 4 is 11.7 Å². The number of aromatic nitrogens is 1. The van der Waals surface area contributed by atoms with Gasteiger partial charge in [-0.25, -0.2) is 0 Å². The Labute approximate surface area is 122 Å². The molecule has 0 atom stereocenters. The maximum Gasteiger partial charge on any atom is 0.259 e. The van der Waals surface area contributed by atoms with Gasteiger partial charge in [-0.15, -0.1) is 0 Å². The van der Waals surface area contributed by atoms with Gasteiger partial charge < -0.3 is 20.8 Å². The summed E-state index contributed by atoms with van der Waals surface area (Å²) in [5, 5.41) is 11.9. The third-order valence-electron chi connectivity index (χ3n) is 4.17. The number of likely N-dealkylation sites (tertiary alicyclic amines) is 1. The minimum Gasteiger partial charge on any atom is -0.409 e. The molecular formula is C14H20N4O3. The fourth-order valence-corrected chi connectivity index (χ4v) is 2.49. The van der Waals surface area contributed by atoms with Crippen LogP contribution in [0.15, 0.2) is 22.2 Å². The lowest BCUT2D eigenvalue weighted by Crippen LogP contribution is -2.48. The quantitative estimate of drug-likeness (QED) is 0.322. The largest absolute Gasteiger partial charge is 0.409 e. The Morgan fingerprint density at radius 3 is 2.62 bits per heavy atom. The number of nitrogens with zero attached hydrogens (tertiary/aromatic N) is 2. The Kier molecular flexibility index (Phi) is 4.02. The smallest absolute Gasteiger partial charge is 0.259 e. The van der Waals surface area contributed by atoms with Gasteiger partial charge in [0.2, 0.25) is 0 Å². The molecule has 1 fully saturated rings. The summed E-state index contributed by atoms with van der Waals surface area (Å²) in [4.78, 5) is 28.8. The summed E-state index contributed by atoms with van der Waals surface area (Å²) < 4.78 is 0. The first-order valence-electron chi connectivity index (χ1n) is 6.84. The van der Waals surface area contributed by atoms with E-state index in [4.69, 9.17) is 10.9 Å². The molecule has 0 saturated carbocycles. The zero-order chi connectivity index (χ0) is 15.6. The first-order valence-corrected chi connectivity index (χ1v) is 6.84. The van der Waals surface area contributed by atoms with Crippen molar-refractivity contribution in [2.24, 2.45) is 16.3 Å². The number of pyridine rings is 1. The van der Waals surface area contributed by atoms with Crippen molar-refractivity contribution in [1.82, 2.24) is 9.88 Å². The van der Waals surface area contributed by atoms with Crippen molar-refractivity contribution in [3.8, 4) is 0 Å². The number of aryl methyl sites for hydroxylation is 1. The van der Waals surface area contributed by atoms with Crippen molar-refractivity contribution in [3.05, 3.63) is 33.7 Å². The molecule has 21 heavy (non-hydrogen) atoms. The lowest BCUT2D eigenvalue weighted by atomic mass is 9.79. The zero-order valence-corrected chi connectivity index (χ0v) is 12.2. The topological polar surface area (TPSA) is 112 Å². The number of nitrogens with two attached hydrogens (primary N) is 1. The molecule has 7 nitrogen and oxygen atoms in total. The Morgan fingerprint density at radius 1 is 1.48 bits per heavy atom. The van der Waals surface area contributed by atoms with Crippen LogP contribution in [-0.2, 0) is 0 Å². The number of nitrogens with one attached hydrogen (secondary N) is 1. The number of carbonyl (C=O) groups excluding carboxylic acids is 1. The SMILES string of the molecule is Cc1cc(=O)c(C(=O)N2CCC(C)(C(N)=NO)CC2)c[nH]1. The normalized spacial score (nSPS) is 18.6. The van der Waals surface area contributed by atoms with Gasteiger partial charge in [0.15, 0.2) is 5.43 Å². The summed E-state index contributed by atoms with van der Waals surface area (Å²) in [6.07, 6.45) is 2.65. The second kappa shape index (κ2) is 5.59. The molecule has 0 radical (unpaired) electrons. The molecule has 0 unspecified atom stereocenters. The number of hydrogen-bond acceptors (Lipinski definition) is 4. The fourth-order valence-electron chi connectivity index (χ4n) is 2.49. The van der Waals surface area contributed by atoms with Crippen molar-refractivity contribution in [2.45, 2.75) is 26.7 Å². The molecule has 0 aliphatic carbocycles. The summed E-state index contributed by atoms with van der Waals surface area (Å²) in [7, 11) is 0. The minimum atomic E-state index is -0.411. The number of hydrogen-bond donors (Lipinski definition) is 3. The Balaban J connectivity index is 2.12. The summed E-state index contributed by atoms with van der Waals surface area (Å²) in [5.41, 5.74) is 5.87. The van der Waals surface area contributed by atoms with Gasteiger partial charge in [0.05, 0.1) is 0 Å². The van der Waals surface area contributed by atoms with Crippen molar-refractivity contribution in [3.63, 3.8) is 0 Å². The third-order valence-corrected chi connectivity index (χ3v) is 4.17. The van der Waals surface area contributed by atoms with Gasteiger partial charge in [0.1, 0.15) is 11.4 Å². The number of rotatable bonds is 2. The number of amides is 1. The van der Waals surface area contributed by atoms with E-state index < -0.39 is 5.41 Å². The van der Waals surface area contributed by atoms with Crippen LogP contribution < -0.4 is 11.2 Å². The van der Waals surface area contributed by atoms with E-state index in [1.165, 1.54) is 12.3 Å². The molecule has 2 heterocycles. The van der Waals surface area contributed by atoms with Crippen LogP contribution in [0.3, 0.4) is 0 Å². The number of carbonyl (C=O) groups is 1. The van der Waals surface area contributed by atoms with Crippen LogP contribution in [0, 0.1) is 12.3 Å². The van der Waals surface area contributed by atoms with Gasteiger partial charge in [0.25, 0.3) is 5.91 Å². The first kappa shape index (κ1) is 15.1. The highest BCUT2D eigenvalue weighted by atomic mass is 16.4. The van der Waals surface area contributed by atoms with Crippen LogP contribution in [0.1, 0.15) is 35.8 Å². The van der Waals surface area contributed by atoms with Gasteiger partial charge in [-0.2, -0.15) is 0 Å². The summed E-state index contributed by atoms with van der Waals surface area (Å²) >= 11 is 0. The summed E-state index contributed by atoms with van der Waals surface area (Å²) in [6, 6.07) is 1.41. The number of aromatic amines is 1.